The van der Waals surface area contributed by atoms with Crippen molar-refractivity contribution in [1.82, 2.24) is 10.2 Å². The molecule has 0 aromatic heterocycles. The number of nitrogens with zero attached hydrogens (tertiary/aromatic N) is 1. The molecule has 0 aromatic carbocycles. The third kappa shape index (κ3) is 8.34. The fraction of sp³-hybridized carbons (Fsp3) is 0.769. The zero-order chi connectivity index (χ0) is 15.8. The monoisotopic (exact) mass is 288 g/mol. The van der Waals surface area contributed by atoms with E-state index in [1.54, 1.807) is 0 Å². The number of carboxylic acid groups (broad SMARTS) is 1. The lowest BCUT2D eigenvalue weighted by atomic mass is 9.84. The highest BCUT2D eigenvalue weighted by Crippen LogP contribution is 2.25. The van der Waals surface area contributed by atoms with Crippen molar-refractivity contribution in [3.63, 3.8) is 0 Å². The molecule has 0 saturated carbocycles. The number of carbonyl (C=O) groups is 3. The van der Waals surface area contributed by atoms with E-state index in [-0.39, 0.29) is 24.4 Å². The zero-order valence-electron chi connectivity index (χ0n) is 12.6. The highest BCUT2D eigenvalue weighted by atomic mass is 16.5. The van der Waals surface area contributed by atoms with E-state index in [4.69, 9.17) is 5.11 Å². The van der Waals surface area contributed by atoms with E-state index in [2.05, 4.69) is 10.1 Å². The van der Waals surface area contributed by atoms with Crippen LogP contribution in [0.1, 0.15) is 33.1 Å². The molecule has 0 unspecified atom stereocenters. The third-order valence-electron chi connectivity index (χ3n) is 3.03. The van der Waals surface area contributed by atoms with E-state index >= 15 is 0 Å². The minimum Gasteiger partial charge on any atom is -0.481 e. The summed E-state index contributed by atoms with van der Waals surface area (Å²) >= 11 is 0. The van der Waals surface area contributed by atoms with Crippen LogP contribution in [0.5, 0.6) is 0 Å². The van der Waals surface area contributed by atoms with Crippen LogP contribution in [-0.2, 0) is 14.3 Å². The molecule has 0 radical (unpaired) electrons. The first-order chi connectivity index (χ1) is 9.18. The number of hydrogen-bond donors (Lipinski definition) is 2. The average molecular weight is 288 g/mol. The SMILES string of the molecule is COC(=O)CN(C)C(=O)NCCC(C)(C)CCC(=O)O. The van der Waals surface area contributed by atoms with E-state index in [1.807, 2.05) is 13.8 Å². The van der Waals surface area contributed by atoms with Crippen molar-refractivity contribution in [2.75, 3.05) is 27.2 Å². The summed E-state index contributed by atoms with van der Waals surface area (Å²) in [6, 6.07) is -0.357. The first-order valence-electron chi connectivity index (χ1n) is 6.45. The Labute approximate surface area is 119 Å². The van der Waals surface area contributed by atoms with Gasteiger partial charge in [-0.05, 0) is 18.3 Å². The van der Waals surface area contributed by atoms with Crippen molar-refractivity contribution in [1.29, 1.82) is 0 Å². The Kier molecular flexibility index (Phi) is 7.64. The summed E-state index contributed by atoms with van der Waals surface area (Å²) in [7, 11) is 2.76. The molecule has 0 aliphatic carbocycles. The van der Waals surface area contributed by atoms with Gasteiger partial charge < -0.3 is 20.1 Å². The van der Waals surface area contributed by atoms with Crippen molar-refractivity contribution in [2.45, 2.75) is 33.1 Å². The summed E-state index contributed by atoms with van der Waals surface area (Å²) in [5.74, 6) is -1.30. The molecule has 0 fully saturated rings. The molecular weight excluding hydrogens is 264 g/mol. The van der Waals surface area contributed by atoms with Gasteiger partial charge in [0.15, 0.2) is 0 Å². The topological polar surface area (TPSA) is 95.9 Å². The maximum Gasteiger partial charge on any atom is 0.325 e. The van der Waals surface area contributed by atoms with Gasteiger partial charge in [0.1, 0.15) is 6.54 Å². The molecule has 0 rings (SSSR count). The summed E-state index contributed by atoms with van der Waals surface area (Å²) in [5, 5.41) is 11.3. The Morgan fingerprint density at radius 3 is 2.35 bits per heavy atom. The molecule has 0 aliphatic rings. The number of methoxy groups -OCH3 is 1. The van der Waals surface area contributed by atoms with Crippen LogP contribution in [0.2, 0.25) is 0 Å². The summed E-state index contributed by atoms with van der Waals surface area (Å²) in [6.07, 6.45) is 1.33. The number of carbonyl (C=O) groups excluding carboxylic acids is 2. The van der Waals surface area contributed by atoms with Crippen molar-refractivity contribution in [3.8, 4) is 0 Å². The van der Waals surface area contributed by atoms with Crippen molar-refractivity contribution < 1.29 is 24.2 Å². The lowest BCUT2D eigenvalue weighted by Crippen LogP contribution is -2.41. The summed E-state index contributed by atoms with van der Waals surface area (Å²) in [6.45, 7) is 4.24. The maximum absolute atomic E-state index is 11.7. The van der Waals surface area contributed by atoms with Gasteiger partial charge in [-0.15, -0.1) is 0 Å². The summed E-state index contributed by atoms with van der Waals surface area (Å²) in [4.78, 5) is 34.4. The van der Waals surface area contributed by atoms with E-state index in [1.165, 1.54) is 19.1 Å². The fourth-order valence-electron chi connectivity index (χ4n) is 1.54. The molecule has 7 heteroatoms. The Balaban J connectivity index is 4.00. The van der Waals surface area contributed by atoms with Gasteiger partial charge in [0, 0.05) is 20.0 Å². The normalized spacial score (nSPS) is 10.8. The quantitative estimate of drug-likeness (QED) is 0.652. The Morgan fingerprint density at radius 2 is 1.85 bits per heavy atom. The molecule has 0 saturated heterocycles. The number of nitrogens with one attached hydrogen (secondary N) is 1. The first kappa shape index (κ1) is 18.2. The van der Waals surface area contributed by atoms with Gasteiger partial charge >= 0.3 is 18.0 Å². The van der Waals surface area contributed by atoms with Crippen molar-refractivity contribution in [2.24, 2.45) is 5.41 Å². The Bertz CT molecular complexity index is 355. The van der Waals surface area contributed by atoms with E-state index in [9.17, 15) is 14.4 Å². The Hall–Kier alpha value is -1.79. The number of likely N-dealkylation sites (N-methyl/N-ethyl adjacent to an activating group) is 1. The van der Waals surface area contributed by atoms with Crippen LogP contribution < -0.4 is 5.32 Å². The molecule has 0 aromatic rings. The Morgan fingerprint density at radius 1 is 1.25 bits per heavy atom. The first-order valence-corrected chi connectivity index (χ1v) is 6.45. The zero-order valence-corrected chi connectivity index (χ0v) is 12.6. The van der Waals surface area contributed by atoms with Gasteiger partial charge in [-0.1, -0.05) is 13.8 Å². The largest absolute Gasteiger partial charge is 0.481 e. The number of amides is 2. The van der Waals surface area contributed by atoms with Gasteiger partial charge in [0.25, 0.3) is 0 Å². The lowest BCUT2D eigenvalue weighted by molar-refractivity contribution is -0.141. The number of urea groups is 1. The number of hydrogen-bond acceptors (Lipinski definition) is 4. The fourth-order valence-corrected chi connectivity index (χ4v) is 1.54. The number of esters is 1. The maximum atomic E-state index is 11.7. The van der Waals surface area contributed by atoms with Gasteiger partial charge in [0.2, 0.25) is 0 Å². The van der Waals surface area contributed by atoms with Crippen LogP contribution in [0, 0.1) is 5.41 Å². The van der Waals surface area contributed by atoms with Crippen LogP contribution >= 0.6 is 0 Å². The second kappa shape index (κ2) is 8.39. The molecule has 0 aliphatic heterocycles. The molecule has 116 valence electrons. The third-order valence-corrected chi connectivity index (χ3v) is 3.03. The van der Waals surface area contributed by atoms with Crippen LogP contribution in [0.4, 0.5) is 4.79 Å². The minimum atomic E-state index is -0.820. The summed E-state index contributed by atoms with van der Waals surface area (Å²) in [5.41, 5.74) is -0.160. The molecule has 2 N–H and O–H groups in total. The number of rotatable bonds is 8. The molecular formula is C13H24N2O5. The van der Waals surface area contributed by atoms with Crippen LogP contribution in [0.3, 0.4) is 0 Å². The predicted molar refractivity (Wildman–Crippen MR) is 73.3 cm³/mol. The van der Waals surface area contributed by atoms with E-state index in [0.717, 1.165) is 0 Å². The average Bonchev–Trinajstić information content (AvgIpc) is 2.35. The molecule has 0 heterocycles. The number of aliphatic carboxylic acids is 1. The molecule has 20 heavy (non-hydrogen) atoms. The highest BCUT2D eigenvalue weighted by molar-refractivity contribution is 5.80. The van der Waals surface area contributed by atoms with E-state index in [0.29, 0.717) is 19.4 Å². The molecule has 0 spiro atoms. The lowest BCUT2D eigenvalue weighted by Gasteiger charge is -2.24. The second-order valence-electron chi connectivity index (χ2n) is 5.47. The predicted octanol–water partition coefficient (Wildman–Crippen LogP) is 1.08. The van der Waals surface area contributed by atoms with E-state index < -0.39 is 11.9 Å². The molecule has 0 bridgehead atoms. The minimum absolute atomic E-state index is 0.106. The second-order valence-corrected chi connectivity index (χ2v) is 5.47. The molecule has 0 atom stereocenters. The van der Waals surface area contributed by atoms with Gasteiger partial charge in [-0.3, -0.25) is 9.59 Å². The van der Waals surface area contributed by atoms with Gasteiger partial charge in [0.05, 0.1) is 7.11 Å². The van der Waals surface area contributed by atoms with Gasteiger partial charge in [-0.25, -0.2) is 4.79 Å². The molecule has 2 amide bonds. The number of carboxylic acids is 1. The van der Waals surface area contributed by atoms with Crippen LogP contribution in [0.15, 0.2) is 0 Å². The van der Waals surface area contributed by atoms with Crippen LogP contribution in [-0.4, -0.2) is 55.2 Å². The highest BCUT2D eigenvalue weighted by Gasteiger charge is 2.20. The standard InChI is InChI=1S/C13H24N2O5/c1-13(2,6-5-10(16)17)7-8-14-12(19)15(3)9-11(18)20-4/h5-9H2,1-4H3,(H,14,19)(H,16,17). The van der Waals surface area contributed by atoms with Crippen molar-refractivity contribution in [3.05, 3.63) is 0 Å². The molecule has 7 nitrogen and oxygen atoms in total. The van der Waals surface area contributed by atoms with Crippen LogP contribution in [0.25, 0.3) is 0 Å². The van der Waals surface area contributed by atoms with Crippen molar-refractivity contribution >= 4 is 18.0 Å². The van der Waals surface area contributed by atoms with Gasteiger partial charge in [-0.2, -0.15) is 0 Å². The smallest absolute Gasteiger partial charge is 0.325 e. The number of ether oxygens (including phenoxy) is 1. The summed E-state index contributed by atoms with van der Waals surface area (Å²) < 4.78 is 4.47.